The van der Waals surface area contributed by atoms with Crippen molar-refractivity contribution in [3.63, 3.8) is 0 Å². The molecule has 122 valence electrons. The quantitative estimate of drug-likeness (QED) is 0.638. The highest BCUT2D eigenvalue weighted by molar-refractivity contribution is 6.42. The van der Waals surface area contributed by atoms with E-state index in [1.807, 2.05) is 6.07 Å². The van der Waals surface area contributed by atoms with Crippen LogP contribution in [0.1, 0.15) is 22.5 Å². The summed E-state index contributed by atoms with van der Waals surface area (Å²) in [6, 6.07) is 5.24. The molecule has 1 aromatic carbocycles. The summed E-state index contributed by atoms with van der Waals surface area (Å²) in [5, 5.41) is 8.12. The van der Waals surface area contributed by atoms with Crippen LogP contribution < -0.4 is 11.1 Å². The molecule has 0 radical (unpaired) electrons. The van der Waals surface area contributed by atoms with Crippen molar-refractivity contribution in [3.8, 4) is 0 Å². The number of rotatable bonds is 5. The number of nitrogens with zero attached hydrogens (tertiary/aromatic N) is 3. The minimum absolute atomic E-state index is 0.253. The average Bonchev–Trinajstić information content (AvgIpc) is 2.82. The predicted octanol–water partition coefficient (Wildman–Crippen LogP) is 3.03. The lowest BCUT2D eigenvalue weighted by molar-refractivity contribution is 0.0993. The molecule has 3 N–H and O–H groups in total. The van der Waals surface area contributed by atoms with Crippen LogP contribution in [0.2, 0.25) is 10.0 Å². The maximum atomic E-state index is 12.1. The Bertz CT molecular complexity index is 735. The molecule has 0 bridgehead atoms. The van der Waals surface area contributed by atoms with Crippen molar-refractivity contribution in [1.29, 1.82) is 0 Å². The lowest BCUT2D eigenvalue weighted by atomic mass is 10.2. The zero-order valence-electron chi connectivity index (χ0n) is 12.8. The summed E-state index contributed by atoms with van der Waals surface area (Å²) in [5.74, 6) is -0.141. The highest BCUT2D eigenvalue weighted by Crippen LogP contribution is 2.24. The van der Waals surface area contributed by atoms with Crippen molar-refractivity contribution in [2.24, 2.45) is 17.8 Å². The topological polar surface area (TPSA) is 85.3 Å². The molecular formula is C15H17Cl2N5O. The van der Waals surface area contributed by atoms with E-state index in [2.05, 4.69) is 15.4 Å². The van der Waals surface area contributed by atoms with Crippen LogP contribution in [0.25, 0.3) is 0 Å². The van der Waals surface area contributed by atoms with Gasteiger partial charge in [-0.3, -0.25) is 9.48 Å². The SMILES string of the molecule is Cc1cnn(C)c1C(=O)N=C(N)CCNc1ccc(Cl)c(Cl)c1. The second kappa shape index (κ2) is 7.48. The summed E-state index contributed by atoms with van der Waals surface area (Å²) in [6.07, 6.45) is 2.04. The van der Waals surface area contributed by atoms with Gasteiger partial charge in [-0.15, -0.1) is 0 Å². The number of carbonyl (C=O) groups excluding carboxylic acids is 1. The molecule has 0 unspecified atom stereocenters. The number of aromatic nitrogens is 2. The average molecular weight is 354 g/mol. The van der Waals surface area contributed by atoms with E-state index in [0.717, 1.165) is 11.3 Å². The molecule has 0 atom stereocenters. The van der Waals surface area contributed by atoms with Crippen LogP contribution in [0.5, 0.6) is 0 Å². The highest BCUT2D eigenvalue weighted by Gasteiger charge is 2.13. The van der Waals surface area contributed by atoms with E-state index in [9.17, 15) is 4.79 Å². The van der Waals surface area contributed by atoms with Crippen LogP contribution >= 0.6 is 23.2 Å². The number of aryl methyl sites for hydroxylation is 2. The molecule has 0 saturated carbocycles. The molecular weight excluding hydrogens is 337 g/mol. The summed E-state index contributed by atoms with van der Waals surface area (Å²) >= 11 is 11.8. The van der Waals surface area contributed by atoms with E-state index in [0.29, 0.717) is 28.7 Å². The number of carbonyl (C=O) groups is 1. The molecule has 8 heteroatoms. The number of nitrogens with two attached hydrogens (primary N) is 1. The second-order valence-electron chi connectivity index (χ2n) is 5.01. The van der Waals surface area contributed by atoms with Crippen LogP contribution in [-0.2, 0) is 7.05 Å². The Morgan fingerprint density at radius 1 is 1.39 bits per heavy atom. The Morgan fingerprint density at radius 2 is 2.13 bits per heavy atom. The number of nitrogens with one attached hydrogen (secondary N) is 1. The molecule has 2 rings (SSSR count). The first-order chi connectivity index (χ1) is 10.9. The number of halogens is 2. The minimum atomic E-state index is -0.394. The molecule has 0 spiro atoms. The number of amides is 1. The van der Waals surface area contributed by atoms with Crippen molar-refractivity contribution in [3.05, 3.63) is 45.7 Å². The number of hydrogen-bond acceptors (Lipinski definition) is 3. The lowest BCUT2D eigenvalue weighted by Gasteiger charge is -2.07. The fourth-order valence-corrected chi connectivity index (χ4v) is 2.33. The summed E-state index contributed by atoms with van der Waals surface area (Å²) in [4.78, 5) is 16.0. The maximum Gasteiger partial charge on any atom is 0.297 e. The summed E-state index contributed by atoms with van der Waals surface area (Å²) in [6.45, 7) is 2.32. The molecule has 23 heavy (non-hydrogen) atoms. The van der Waals surface area contributed by atoms with Crippen LogP contribution in [0.15, 0.2) is 29.4 Å². The maximum absolute atomic E-state index is 12.1. The van der Waals surface area contributed by atoms with E-state index in [1.54, 1.807) is 32.3 Å². The number of benzene rings is 1. The van der Waals surface area contributed by atoms with Crippen LogP contribution in [-0.4, -0.2) is 28.1 Å². The third kappa shape index (κ3) is 4.46. The monoisotopic (exact) mass is 353 g/mol. The predicted molar refractivity (Wildman–Crippen MR) is 93.5 cm³/mol. The number of amidine groups is 1. The van der Waals surface area contributed by atoms with Gasteiger partial charge >= 0.3 is 0 Å². The Kier molecular flexibility index (Phi) is 5.63. The van der Waals surface area contributed by atoms with E-state index < -0.39 is 5.91 Å². The van der Waals surface area contributed by atoms with Gasteiger partial charge in [-0.25, -0.2) is 0 Å². The van der Waals surface area contributed by atoms with E-state index in [-0.39, 0.29) is 5.84 Å². The first-order valence-electron chi connectivity index (χ1n) is 6.93. The minimum Gasteiger partial charge on any atom is -0.387 e. The highest BCUT2D eigenvalue weighted by atomic mass is 35.5. The fraction of sp³-hybridized carbons (Fsp3) is 0.267. The molecule has 6 nitrogen and oxygen atoms in total. The van der Waals surface area contributed by atoms with Crippen LogP contribution in [0.3, 0.4) is 0 Å². The van der Waals surface area contributed by atoms with Gasteiger partial charge in [0, 0.05) is 31.3 Å². The Labute approximate surface area is 144 Å². The third-order valence-corrected chi connectivity index (χ3v) is 3.94. The van der Waals surface area contributed by atoms with E-state index in [4.69, 9.17) is 28.9 Å². The molecule has 1 heterocycles. The third-order valence-electron chi connectivity index (χ3n) is 3.20. The normalized spacial score (nSPS) is 11.6. The van der Waals surface area contributed by atoms with Crippen molar-refractivity contribution >= 4 is 40.6 Å². The molecule has 0 aliphatic carbocycles. The summed E-state index contributed by atoms with van der Waals surface area (Å²) < 4.78 is 1.49. The number of anilines is 1. The number of aliphatic imine (C=N–C) groups is 1. The fourth-order valence-electron chi connectivity index (χ4n) is 2.03. The lowest BCUT2D eigenvalue weighted by Crippen LogP contribution is -2.19. The second-order valence-corrected chi connectivity index (χ2v) is 5.83. The zero-order chi connectivity index (χ0) is 17.0. The van der Waals surface area contributed by atoms with Crippen molar-refractivity contribution in [1.82, 2.24) is 9.78 Å². The van der Waals surface area contributed by atoms with Crippen LogP contribution in [0.4, 0.5) is 5.69 Å². The smallest absolute Gasteiger partial charge is 0.297 e. The van der Waals surface area contributed by atoms with Gasteiger partial charge in [-0.05, 0) is 25.1 Å². The largest absolute Gasteiger partial charge is 0.387 e. The first-order valence-corrected chi connectivity index (χ1v) is 7.69. The van der Waals surface area contributed by atoms with Gasteiger partial charge in [-0.1, -0.05) is 23.2 Å². The molecule has 0 saturated heterocycles. The van der Waals surface area contributed by atoms with Gasteiger partial charge in [0.15, 0.2) is 0 Å². The first kappa shape index (κ1) is 17.3. The van der Waals surface area contributed by atoms with Gasteiger partial charge in [-0.2, -0.15) is 10.1 Å². The van der Waals surface area contributed by atoms with Crippen molar-refractivity contribution in [2.45, 2.75) is 13.3 Å². The van der Waals surface area contributed by atoms with Crippen molar-refractivity contribution in [2.75, 3.05) is 11.9 Å². The Morgan fingerprint density at radius 3 is 2.74 bits per heavy atom. The summed E-state index contributed by atoms with van der Waals surface area (Å²) in [5.41, 5.74) is 7.83. The van der Waals surface area contributed by atoms with E-state index in [1.165, 1.54) is 4.68 Å². The van der Waals surface area contributed by atoms with Gasteiger partial charge in [0.1, 0.15) is 11.5 Å². The van der Waals surface area contributed by atoms with Crippen molar-refractivity contribution < 1.29 is 4.79 Å². The van der Waals surface area contributed by atoms with Gasteiger partial charge in [0.2, 0.25) is 0 Å². The number of hydrogen-bond donors (Lipinski definition) is 2. The Hall–Kier alpha value is -2.05. The van der Waals surface area contributed by atoms with Gasteiger partial charge < -0.3 is 11.1 Å². The van der Waals surface area contributed by atoms with Gasteiger partial charge in [0.05, 0.1) is 16.2 Å². The van der Waals surface area contributed by atoms with Crippen LogP contribution in [0, 0.1) is 6.92 Å². The standard InChI is InChI=1S/C15H17Cl2N5O/c1-9-8-20-22(2)14(9)15(23)21-13(18)5-6-19-10-3-4-11(16)12(17)7-10/h3-4,7-8,19H,5-6H2,1-2H3,(H2,18,21,23). The molecule has 0 aliphatic rings. The molecule has 1 aromatic heterocycles. The molecule has 1 amide bonds. The van der Waals surface area contributed by atoms with Gasteiger partial charge in [0.25, 0.3) is 5.91 Å². The molecule has 0 fully saturated rings. The van der Waals surface area contributed by atoms with E-state index >= 15 is 0 Å². The molecule has 2 aromatic rings. The summed E-state index contributed by atoms with van der Waals surface area (Å²) in [7, 11) is 1.69. The Balaban J connectivity index is 1.92. The molecule has 0 aliphatic heterocycles. The zero-order valence-corrected chi connectivity index (χ0v) is 14.3.